The Bertz CT molecular complexity index is 1200. The Balaban J connectivity index is 1.45. The zero-order valence-corrected chi connectivity index (χ0v) is 28.2. The van der Waals surface area contributed by atoms with Crippen LogP contribution in [0.1, 0.15) is 97.0 Å². The molecule has 0 bridgehead atoms. The summed E-state index contributed by atoms with van der Waals surface area (Å²) in [7, 11) is 0. The zero-order chi connectivity index (χ0) is 33.1. The molecule has 2 fully saturated rings. The standard InChI is InChI=1S/C37H55N3O6/c1-27(30-17-20-38-21-18-30)10-9-11-28(2)35-29(3)14-15-33(37(4,44)19-16-32(41)26-34(42)46-35)45-36(43)40-24-22-39(23-25-40)31-12-7-5-6-8-13-31/h9-11,14-15,17-18,20-21,27,29,31-33,35,41,44H,5-8,12-13,16,19,22-26H2,1-4H3/b10-9+,15-14+,28-11+/t27?,29-,32+,33-,35+,37+/m0/s1. The summed E-state index contributed by atoms with van der Waals surface area (Å²) in [5.74, 6) is -0.607. The number of aliphatic hydroxyl groups excluding tert-OH is 1. The highest BCUT2D eigenvalue weighted by Crippen LogP contribution is 2.28. The lowest BCUT2D eigenvalue weighted by Gasteiger charge is -2.40. The molecule has 3 heterocycles. The van der Waals surface area contributed by atoms with Crippen molar-refractivity contribution in [3.63, 3.8) is 0 Å². The Morgan fingerprint density at radius 3 is 2.43 bits per heavy atom. The predicted octanol–water partition coefficient (Wildman–Crippen LogP) is 5.93. The number of piperazine rings is 1. The topological polar surface area (TPSA) is 112 Å². The van der Waals surface area contributed by atoms with Gasteiger partial charge in [0.15, 0.2) is 6.10 Å². The summed E-state index contributed by atoms with van der Waals surface area (Å²) < 4.78 is 11.9. The molecular weight excluding hydrogens is 582 g/mol. The number of cyclic esters (lactones) is 1. The molecule has 46 heavy (non-hydrogen) atoms. The number of hydrogen-bond acceptors (Lipinski definition) is 8. The molecule has 0 spiro atoms. The molecule has 1 aliphatic carbocycles. The van der Waals surface area contributed by atoms with Gasteiger partial charge in [-0.25, -0.2) is 4.79 Å². The number of hydrogen-bond donors (Lipinski definition) is 2. The molecule has 1 aromatic rings. The molecule has 6 atom stereocenters. The van der Waals surface area contributed by atoms with E-state index < -0.39 is 36.0 Å². The van der Waals surface area contributed by atoms with E-state index in [0.29, 0.717) is 19.1 Å². The van der Waals surface area contributed by atoms with Crippen LogP contribution < -0.4 is 0 Å². The van der Waals surface area contributed by atoms with Crippen LogP contribution in [0.15, 0.2) is 60.5 Å². The number of rotatable bonds is 6. The summed E-state index contributed by atoms with van der Waals surface area (Å²) in [5, 5.41) is 22.1. The average Bonchev–Trinajstić information content (AvgIpc) is 3.34. The summed E-state index contributed by atoms with van der Waals surface area (Å²) in [6, 6.07) is 4.56. The smallest absolute Gasteiger partial charge is 0.410 e. The van der Waals surface area contributed by atoms with Crippen LogP contribution in [0.3, 0.4) is 0 Å². The molecule has 1 amide bonds. The lowest BCUT2D eigenvalue weighted by molar-refractivity contribution is -0.151. The summed E-state index contributed by atoms with van der Waals surface area (Å²) in [5.41, 5.74) is 0.543. The van der Waals surface area contributed by atoms with E-state index in [0.717, 1.165) is 24.2 Å². The van der Waals surface area contributed by atoms with Crippen LogP contribution in [0, 0.1) is 5.92 Å². The molecule has 2 aliphatic heterocycles. The van der Waals surface area contributed by atoms with E-state index in [1.165, 1.54) is 38.5 Å². The number of carbonyl (C=O) groups excluding carboxylic acids is 2. The lowest BCUT2D eigenvalue weighted by Crippen LogP contribution is -2.53. The van der Waals surface area contributed by atoms with Gasteiger partial charge in [-0.3, -0.25) is 14.7 Å². The highest BCUT2D eigenvalue weighted by molar-refractivity contribution is 5.70. The first-order chi connectivity index (χ1) is 22.0. The second kappa shape index (κ2) is 17.2. The van der Waals surface area contributed by atoms with Crippen molar-refractivity contribution < 1.29 is 29.3 Å². The van der Waals surface area contributed by atoms with Crippen molar-refractivity contribution in [2.24, 2.45) is 5.92 Å². The highest BCUT2D eigenvalue weighted by atomic mass is 16.6. The Kier molecular flexibility index (Phi) is 13.4. The van der Waals surface area contributed by atoms with E-state index in [1.54, 1.807) is 30.3 Å². The van der Waals surface area contributed by atoms with Crippen LogP contribution in [0.2, 0.25) is 0 Å². The number of allylic oxidation sites excluding steroid dienone is 3. The third kappa shape index (κ3) is 10.5. The van der Waals surface area contributed by atoms with Gasteiger partial charge in [0.05, 0.1) is 12.5 Å². The number of esters is 1. The van der Waals surface area contributed by atoms with Gasteiger partial charge in [-0.2, -0.15) is 0 Å². The molecule has 9 heteroatoms. The quantitative estimate of drug-likeness (QED) is 0.171. The van der Waals surface area contributed by atoms with Gasteiger partial charge in [0.2, 0.25) is 0 Å². The van der Waals surface area contributed by atoms with Crippen molar-refractivity contribution in [1.82, 2.24) is 14.8 Å². The van der Waals surface area contributed by atoms with Crippen molar-refractivity contribution in [2.45, 2.75) is 121 Å². The second-order valence-corrected chi connectivity index (χ2v) is 13.7. The Morgan fingerprint density at radius 2 is 1.76 bits per heavy atom. The normalized spacial score (nSPS) is 31.3. The SMILES string of the molecule is C/C(=C\C=C\C(C)c1ccncc1)[C@H]1OC(=O)C[C@H](O)CC[C@@](C)(O)[C@@H](OC(=O)N2CCN(C3CCCCCC3)CC2)/C=C/[C@@H]1C. The van der Waals surface area contributed by atoms with Gasteiger partial charge in [0.25, 0.3) is 0 Å². The van der Waals surface area contributed by atoms with Crippen LogP contribution in [0.25, 0.3) is 0 Å². The molecule has 1 saturated heterocycles. The van der Waals surface area contributed by atoms with E-state index in [2.05, 4.69) is 22.9 Å². The van der Waals surface area contributed by atoms with E-state index >= 15 is 0 Å². The molecule has 2 N–H and O–H groups in total. The monoisotopic (exact) mass is 637 g/mol. The van der Waals surface area contributed by atoms with E-state index in [-0.39, 0.29) is 31.1 Å². The van der Waals surface area contributed by atoms with Gasteiger partial charge in [0.1, 0.15) is 11.7 Å². The number of nitrogens with zero attached hydrogens (tertiary/aromatic N) is 3. The summed E-state index contributed by atoms with van der Waals surface area (Å²) in [6.45, 7) is 10.4. The maximum atomic E-state index is 13.4. The first-order valence-corrected chi connectivity index (χ1v) is 17.3. The van der Waals surface area contributed by atoms with Crippen LogP contribution in [-0.4, -0.2) is 93.2 Å². The summed E-state index contributed by atoms with van der Waals surface area (Å²) in [4.78, 5) is 34.6. The molecule has 254 valence electrons. The van der Waals surface area contributed by atoms with Crippen LogP contribution >= 0.6 is 0 Å². The van der Waals surface area contributed by atoms with Gasteiger partial charge in [-0.15, -0.1) is 0 Å². The molecule has 0 aromatic carbocycles. The van der Waals surface area contributed by atoms with Crippen LogP contribution in [0.4, 0.5) is 4.79 Å². The zero-order valence-electron chi connectivity index (χ0n) is 28.2. The number of ether oxygens (including phenoxy) is 2. The Morgan fingerprint density at radius 1 is 1.09 bits per heavy atom. The molecule has 4 rings (SSSR count). The van der Waals surface area contributed by atoms with Crippen molar-refractivity contribution in [3.8, 4) is 0 Å². The molecule has 1 unspecified atom stereocenters. The van der Waals surface area contributed by atoms with Gasteiger partial charge in [-0.1, -0.05) is 63.8 Å². The number of amides is 1. The minimum absolute atomic E-state index is 0.149. The number of pyridine rings is 1. The van der Waals surface area contributed by atoms with Gasteiger partial charge in [0, 0.05) is 50.5 Å². The highest BCUT2D eigenvalue weighted by Gasteiger charge is 2.37. The second-order valence-electron chi connectivity index (χ2n) is 13.7. The number of aromatic nitrogens is 1. The minimum atomic E-state index is -1.44. The van der Waals surface area contributed by atoms with Crippen molar-refractivity contribution in [3.05, 3.63) is 66.0 Å². The molecule has 9 nitrogen and oxygen atoms in total. The van der Waals surface area contributed by atoms with Crippen LogP contribution in [-0.2, 0) is 14.3 Å². The molecule has 0 radical (unpaired) electrons. The van der Waals surface area contributed by atoms with Crippen molar-refractivity contribution in [1.29, 1.82) is 0 Å². The first kappa shape index (κ1) is 35.8. The first-order valence-electron chi connectivity index (χ1n) is 17.3. The molecule has 1 saturated carbocycles. The fourth-order valence-electron chi connectivity index (χ4n) is 6.77. The third-order valence-electron chi connectivity index (χ3n) is 9.91. The van der Waals surface area contributed by atoms with Crippen molar-refractivity contribution in [2.75, 3.05) is 26.2 Å². The molecule has 1 aromatic heterocycles. The Labute approximate surface area is 275 Å². The van der Waals surface area contributed by atoms with E-state index in [1.807, 2.05) is 44.2 Å². The van der Waals surface area contributed by atoms with E-state index in [9.17, 15) is 19.8 Å². The summed E-state index contributed by atoms with van der Waals surface area (Å²) >= 11 is 0. The largest absolute Gasteiger partial charge is 0.457 e. The van der Waals surface area contributed by atoms with Crippen molar-refractivity contribution >= 4 is 12.1 Å². The van der Waals surface area contributed by atoms with Gasteiger partial charge >= 0.3 is 12.1 Å². The third-order valence-corrected chi connectivity index (χ3v) is 9.91. The minimum Gasteiger partial charge on any atom is -0.457 e. The fraction of sp³-hybridized carbons (Fsp3) is 0.649. The Hall–Kier alpha value is -3.01. The predicted molar refractivity (Wildman–Crippen MR) is 179 cm³/mol. The van der Waals surface area contributed by atoms with Gasteiger partial charge in [-0.05, 0) is 74.8 Å². The average molecular weight is 638 g/mol. The van der Waals surface area contributed by atoms with Gasteiger partial charge < -0.3 is 24.6 Å². The number of carbonyl (C=O) groups is 2. The summed E-state index contributed by atoms with van der Waals surface area (Å²) in [6.07, 6.45) is 17.9. The maximum absolute atomic E-state index is 13.4. The van der Waals surface area contributed by atoms with E-state index in [4.69, 9.17) is 9.47 Å². The fourth-order valence-corrected chi connectivity index (χ4v) is 6.77. The van der Waals surface area contributed by atoms with Crippen LogP contribution in [0.5, 0.6) is 0 Å². The number of aliphatic hydroxyl groups is 2. The molecular formula is C37H55N3O6. The molecule has 3 aliphatic rings. The maximum Gasteiger partial charge on any atom is 0.410 e. The lowest BCUT2D eigenvalue weighted by atomic mass is 9.88.